The lowest BCUT2D eigenvalue weighted by Crippen LogP contribution is -1.93. The smallest absolute Gasteiger partial charge is 0.293 e. The number of H-pyrrole nitrogens is 1. The highest BCUT2D eigenvalue weighted by Crippen LogP contribution is 2.26. The molecule has 0 bridgehead atoms. The molecule has 4 nitrogen and oxygen atoms in total. The lowest BCUT2D eigenvalue weighted by molar-refractivity contribution is -0.383. The van der Waals surface area contributed by atoms with Crippen LogP contribution in [0.2, 0.25) is 0 Å². The molecule has 5 heteroatoms. The van der Waals surface area contributed by atoms with Crippen molar-refractivity contribution in [2.45, 2.75) is 6.42 Å². The van der Waals surface area contributed by atoms with E-state index in [1.807, 2.05) is 12.1 Å². The van der Waals surface area contributed by atoms with Gasteiger partial charge in [0.2, 0.25) is 0 Å². The van der Waals surface area contributed by atoms with Crippen LogP contribution in [-0.4, -0.2) is 15.2 Å². The summed E-state index contributed by atoms with van der Waals surface area (Å²) in [5, 5.41) is 12.5. The minimum atomic E-state index is -0.351. The van der Waals surface area contributed by atoms with Crippen molar-refractivity contribution in [1.82, 2.24) is 4.98 Å². The number of hydrogen-bond acceptors (Lipinski definition) is 2. The minimum Gasteiger partial charge on any atom is -0.356 e. The second kappa shape index (κ2) is 4.02. The topological polar surface area (TPSA) is 58.9 Å². The quantitative estimate of drug-likeness (QED) is 0.529. The Morgan fingerprint density at radius 1 is 1.47 bits per heavy atom. The molecule has 15 heavy (non-hydrogen) atoms. The van der Waals surface area contributed by atoms with E-state index in [-0.39, 0.29) is 10.6 Å². The van der Waals surface area contributed by atoms with Crippen molar-refractivity contribution in [2.75, 3.05) is 5.33 Å². The Kier molecular flexibility index (Phi) is 2.73. The molecule has 0 aliphatic heterocycles. The maximum absolute atomic E-state index is 10.8. The molecule has 0 amide bonds. The number of nitrogens with one attached hydrogen (secondary N) is 1. The molecule has 2 rings (SSSR count). The van der Waals surface area contributed by atoms with Crippen LogP contribution in [0.4, 0.5) is 5.69 Å². The van der Waals surface area contributed by atoms with Crippen LogP contribution < -0.4 is 0 Å². The molecule has 0 unspecified atom stereocenters. The third-order valence-electron chi connectivity index (χ3n) is 2.28. The lowest BCUT2D eigenvalue weighted by atomic mass is 10.1. The molecule has 1 aromatic heterocycles. The molecule has 78 valence electrons. The van der Waals surface area contributed by atoms with Gasteiger partial charge in [-0.25, -0.2) is 0 Å². The zero-order chi connectivity index (χ0) is 10.8. The van der Waals surface area contributed by atoms with Crippen LogP contribution in [0.5, 0.6) is 0 Å². The highest BCUT2D eigenvalue weighted by molar-refractivity contribution is 9.09. The first-order valence-electron chi connectivity index (χ1n) is 4.52. The summed E-state index contributed by atoms with van der Waals surface area (Å²) in [4.78, 5) is 13.4. The summed E-state index contributed by atoms with van der Waals surface area (Å²) < 4.78 is 0. The predicted molar refractivity (Wildman–Crippen MR) is 62.5 cm³/mol. The summed E-state index contributed by atoms with van der Waals surface area (Å²) in [6, 6.07) is 5.44. The second-order valence-corrected chi connectivity index (χ2v) is 4.05. The van der Waals surface area contributed by atoms with Crippen LogP contribution in [0, 0.1) is 10.1 Å². The first-order chi connectivity index (χ1) is 7.22. The van der Waals surface area contributed by atoms with Crippen LogP contribution in [0.25, 0.3) is 10.9 Å². The Balaban J connectivity index is 2.63. The molecule has 0 fully saturated rings. The van der Waals surface area contributed by atoms with Crippen LogP contribution in [-0.2, 0) is 6.42 Å². The summed E-state index contributed by atoms with van der Waals surface area (Å²) in [5.74, 6) is 0. The standard InChI is InChI=1S/C10H9BrN2O2/c11-3-1-7-5-8-2-4-12-10(8)9(6-7)13(14)15/h2,4-6,12H,1,3H2. The number of rotatable bonds is 3. The number of nitro benzene ring substituents is 1. The van der Waals surface area contributed by atoms with E-state index < -0.39 is 0 Å². The van der Waals surface area contributed by atoms with Crippen LogP contribution in [0.3, 0.4) is 0 Å². The summed E-state index contributed by atoms with van der Waals surface area (Å²) in [6.45, 7) is 0. The van der Waals surface area contributed by atoms with Gasteiger partial charge in [0.1, 0.15) is 5.52 Å². The highest BCUT2D eigenvalue weighted by Gasteiger charge is 2.14. The zero-order valence-corrected chi connectivity index (χ0v) is 9.45. The van der Waals surface area contributed by atoms with Gasteiger partial charge >= 0.3 is 0 Å². The van der Waals surface area contributed by atoms with E-state index in [2.05, 4.69) is 20.9 Å². The minimum absolute atomic E-state index is 0.147. The van der Waals surface area contributed by atoms with E-state index >= 15 is 0 Å². The SMILES string of the molecule is O=[N+]([O-])c1cc(CCBr)cc2cc[nH]c12. The molecule has 0 radical (unpaired) electrons. The van der Waals surface area contributed by atoms with Crippen LogP contribution in [0.1, 0.15) is 5.56 Å². The number of benzene rings is 1. The van der Waals surface area contributed by atoms with Crippen molar-refractivity contribution in [1.29, 1.82) is 0 Å². The molecule has 1 aromatic carbocycles. The molecule has 0 aliphatic carbocycles. The number of nitro groups is 1. The van der Waals surface area contributed by atoms with Crippen LogP contribution in [0.15, 0.2) is 24.4 Å². The summed E-state index contributed by atoms with van der Waals surface area (Å²) in [5.41, 5.74) is 1.72. The fraction of sp³-hybridized carbons (Fsp3) is 0.200. The molecule has 0 saturated carbocycles. The van der Waals surface area contributed by atoms with E-state index in [0.717, 1.165) is 22.7 Å². The fourth-order valence-corrected chi connectivity index (χ4v) is 2.07. The number of alkyl halides is 1. The number of hydrogen-bond donors (Lipinski definition) is 1. The third kappa shape index (κ3) is 1.87. The summed E-state index contributed by atoms with van der Waals surface area (Å²) in [6.07, 6.45) is 2.51. The van der Waals surface area contributed by atoms with E-state index in [4.69, 9.17) is 0 Å². The van der Waals surface area contributed by atoms with Crippen molar-refractivity contribution in [3.05, 3.63) is 40.1 Å². The van der Waals surface area contributed by atoms with E-state index in [0.29, 0.717) is 5.52 Å². The number of aromatic nitrogens is 1. The molecule has 0 aliphatic rings. The number of halogens is 1. The Hall–Kier alpha value is -1.36. The van der Waals surface area contributed by atoms with Crippen molar-refractivity contribution in [3.8, 4) is 0 Å². The van der Waals surface area contributed by atoms with Gasteiger partial charge in [0.15, 0.2) is 0 Å². The Labute approximate surface area is 94.6 Å². The van der Waals surface area contributed by atoms with Gasteiger partial charge in [-0.15, -0.1) is 0 Å². The number of nitrogens with zero attached hydrogens (tertiary/aromatic N) is 1. The average molecular weight is 269 g/mol. The molecule has 0 atom stereocenters. The number of aromatic amines is 1. The van der Waals surface area contributed by atoms with Gasteiger partial charge in [-0.05, 0) is 24.1 Å². The Bertz CT molecular complexity index is 507. The monoisotopic (exact) mass is 268 g/mol. The number of aryl methyl sites for hydroxylation is 1. The molecular weight excluding hydrogens is 260 g/mol. The molecule has 0 saturated heterocycles. The van der Waals surface area contributed by atoms with E-state index in [1.165, 1.54) is 0 Å². The van der Waals surface area contributed by atoms with Gasteiger partial charge in [0, 0.05) is 23.0 Å². The largest absolute Gasteiger partial charge is 0.356 e. The zero-order valence-electron chi connectivity index (χ0n) is 7.87. The van der Waals surface area contributed by atoms with Gasteiger partial charge in [0.05, 0.1) is 4.92 Å². The maximum atomic E-state index is 10.8. The number of non-ortho nitro benzene ring substituents is 1. The number of fused-ring (bicyclic) bond motifs is 1. The Morgan fingerprint density at radius 2 is 2.27 bits per heavy atom. The molecule has 1 N–H and O–H groups in total. The summed E-state index contributed by atoms with van der Waals surface area (Å²) in [7, 11) is 0. The van der Waals surface area contributed by atoms with Crippen molar-refractivity contribution in [3.63, 3.8) is 0 Å². The first-order valence-corrected chi connectivity index (χ1v) is 5.65. The van der Waals surface area contributed by atoms with Crippen molar-refractivity contribution in [2.24, 2.45) is 0 Å². The predicted octanol–water partition coefficient (Wildman–Crippen LogP) is 3.01. The van der Waals surface area contributed by atoms with Gasteiger partial charge in [-0.1, -0.05) is 15.9 Å². The van der Waals surface area contributed by atoms with Gasteiger partial charge in [-0.3, -0.25) is 10.1 Å². The van der Waals surface area contributed by atoms with Crippen molar-refractivity contribution < 1.29 is 4.92 Å². The van der Waals surface area contributed by atoms with Gasteiger partial charge in [0.25, 0.3) is 5.69 Å². The lowest BCUT2D eigenvalue weighted by Gasteiger charge is -2.00. The maximum Gasteiger partial charge on any atom is 0.293 e. The van der Waals surface area contributed by atoms with Crippen molar-refractivity contribution >= 4 is 32.5 Å². The molecule has 1 heterocycles. The highest BCUT2D eigenvalue weighted by atomic mass is 79.9. The average Bonchev–Trinajstić information content (AvgIpc) is 2.64. The molecular formula is C10H9BrN2O2. The van der Waals surface area contributed by atoms with Gasteiger partial charge in [-0.2, -0.15) is 0 Å². The fourth-order valence-electron chi connectivity index (χ4n) is 1.61. The second-order valence-electron chi connectivity index (χ2n) is 3.25. The third-order valence-corrected chi connectivity index (χ3v) is 2.67. The molecule has 0 spiro atoms. The summed E-state index contributed by atoms with van der Waals surface area (Å²) >= 11 is 3.32. The first kappa shape index (κ1) is 10.2. The van der Waals surface area contributed by atoms with Crippen LogP contribution >= 0.6 is 15.9 Å². The Morgan fingerprint density at radius 3 is 2.93 bits per heavy atom. The van der Waals surface area contributed by atoms with E-state index in [1.54, 1.807) is 12.3 Å². The van der Waals surface area contributed by atoms with E-state index in [9.17, 15) is 10.1 Å². The normalized spacial score (nSPS) is 10.7. The molecule has 2 aromatic rings. The van der Waals surface area contributed by atoms with Gasteiger partial charge < -0.3 is 4.98 Å².